The summed E-state index contributed by atoms with van der Waals surface area (Å²) in [6.45, 7) is 6.35. The number of carbonyl (C=O) groups is 1. The van der Waals surface area contributed by atoms with Crippen LogP contribution < -0.4 is 19.5 Å². The maximum absolute atomic E-state index is 11.9. The van der Waals surface area contributed by atoms with Gasteiger partial charge in [-0.3, -0.25) is 9.80 Å². The first-order valence-electron chi connectivity index (χ1n) is 11.2. The first-order chi connectivity index (χ1) is 16.1. The summed E-state index contributed by atoms with van der Waals surface area (Å²) in [6.07, 6.45) is 0.288. The number of nitrogens with zero attached hydrogens (tertiary/aromatic N) is 2. The summed E-state index contributed by atoms with van der Waals surface area (Å²) < 4.78 is 21.7. The fourth-order valence-corrected chi connectivity index (χ4v) is 3.99. The molecule has 2 aliphatic heterocycles. The van der Waals surface area contributed by atoms with Gasteiger partial charge in [0, 0.05) is 45.8 Å². The molecule has 0 saturated carbocycles. The number of alkyl carbamates (subject to hydrolysis) is 1. The van der Waals surface area contributed by atoms with Crippen LogP contribution in [0.25, 0.3) is 0 Å². The van der Waals surface area contributed by atoms with E-state index in [1.54, 1.807) is 19.2 Å². The van der Waals surface area contributed by atoms with Gasteiger partial charge in [0.25, 0.3) is 0 Å². The van der Waals surface area contributed by atoms with Crippen LogP contribution in [0, 0.1) is 0 Å². The molecule has 0 spiro atoms. The van der Waals surface area contributed by atoms with E-state index in [0.29, 0.717) is 31.1 Å². The van der Waals surface area contributed by atoms with Crippen molar-refractivity contribution in [3.63, 3.8) is 0 Å². The number of aromatic hydroxyl groups is 1. The Bertz CT molecular complexity index is 929. The van der Waals surface area contributed by atoms with E-state index in [1.807, 2.05) is 24.3 Å². The molecule has 0 unspecified atom stereocenters. The number of phenols is 1. The van der Waals surface area contributed by atoms with Crippen LogP contribution in [0.2, 0.25) is 0 Å². The summed E-state index contributed by atoms with van der Waals surface area (Å²) in [4.78, 5) is 16.6. The van der Waals surface area contributed by atoms with Crippen LogP contribution in [-0.2, 0) is 17.7 Å². The minimum absolute atomic E-state index is 0.229. The molecule has 0 radical (unpaired) electrons. The molecule has 0 bridgehead atoms. The van der Waals surface area contributed by atoms with E-state index < -0.39 is 6.09 Å². The minimum atomic E-state index is -0.399. The number of carbonyl (C=O) groups excluding carboxylic acids is 1. The molecule has 9 heteroatoms. The second-order valence-corrected chi connectivity index (χ2v) is 8.13. The van der Waals surface area contributed by atoms with Crippen LogP contribution in [0.15, 0.2) is 36.4 Å². The summed E-state index contributed by atoms with van der Waals surface area (Å²) in [5.74, 6) is 2.36. The van der Waals surface area contributed by atoms with Crippen molar-refractivity contribution < 1.29 is 28.8 Å². The van der Waals surface area contributed by atoms with Gasteiger partial charge in [-0.05, 0) is 41.8 Å². The highest BCUT2D eigenvalue weighted by Crippen LogP contribution is 2.42. The van der Waals surface area contributed by atoms with Gasteiger partial charge in [-0.15, -0.1) is 0 Å². The maximum Gasteiger partial charge on any atom is 0.407 e. The van der Waals surface area contributed by atoms with Gasteiger partial charge in [-0.25, -0.2) is 4.79 Å². The number of rotatable bonds is 9. The molecule has 2 aromatic rings. The van der Waals surface area contributed by atoms with Crippen molar-refractivity contribution in [1.29, 1.82) is 0 Å². The summed E-state index contributed by atoms with van der Waals surface area (Å²) in [5, 5.41) is 12.1. The third kappa shape index (κ3) is 6.43. The average Bonchev–Trinajstić information content (AvgIpc) is 3.30. The zero-order valence-electron chi connectivity index (χ0n) is 18.9. The number of fused-ring (bicyclic) bond motifs is 1. The van der Waals surface area contributed by atoms with E-state index in [0.717, 1.165) is 56.1 Å². The molecule has 0 atom stereocenters. The monoisotopic (exact) mass is 457 g/mol. The number of hydrogen-bond donors (Lipinski definition) is 2. The van der Waals surface area contributed by atoms with E-state index >= 15 is 0 Å². The highest BCUT2D eigenvalue weighted by atomic mass is 16.7. The number of hydrogen-bond acceptors (Lipinski definition) is 8. The molecular weight excluding hydrogens is 426 g/mol. The number of phenolic OH excluding ortho intramolecular Hbond substituents is 1. The lowest BCUT2D eigenvalue weighted by Gasteiger charge is -2.34. The minimum Gasteiger partial charge on any atom is -0.508 e. The molecule has 4 rings (SSSR count). The second kappa shape index (κ2) is 11.1. The van der Waals surface area contributed by atoms with Crippen LogP contribution in [0.3, 0.4) is 0 Å². The number of ether oxygens (including phenoxy) is 4. The molecule has 0 aromatic heterocycles. The lowest BCUT2D eigenvalue weighted by atomic mass is 10.1. The van der Waals surface area contributed by atoms with Gasteiger partial charge in [-0.2, -0.15) is 0 Å². The molecule has 1 fully saturated rings. The molecule has 2 aliphatic rings. The number of methoxy groups -OCH3 is 1. The Morgan fingerprint density at radius 2 is 1.82 bits per heavy atom. The Hall–Kier alpha value is -3.17. The van der Waals surface area contributed by atoms with Crippen molar-refractivity contribution in [2.45, 2.75) is 13.0 Å². The SMILES string of the molecule is COc1cc(CN2CCN(CCOC(=O)NCCc3ccc(O)cc3)CC2)cc2c1OCO2. The summed E-state index contributed by atoms with van der Waals surface area (Å²) in [6, 6.07) is 11.0. The smallest absolute Gasteiger partial charge is 0.407 e. The molecule has 178 valence electrons. The molecular formula is C24H31N3O6. The molecule has 2 N–H and O–H groups in total. The van der Waals surface area contributed by atoms with Crippen molar-refractivity contribution in [1.82, 2.24) is 15.1 Å². The van der Waals surface area contributed by atoms with Crippen molar-refractivity contribution in [3.8, 4) is 23.0 Å². The molecule has 0 aliphatic carbocycles. The predicted octanol–water partition coefficient (Wildman–Crippen LogP) is 2.22. The highest BCUT2D eigenvalue weighted by Gasteiger charge is 2.22. The lowest BCUT2D eigenvalue weighted by molar-refractivity contribution is 0.0927. The fourth-order valence-electron chi connectivity index (χ4n) is 3.99. The van der Waals surface area contributed by atoms with Gasteiger partial charge in [0.2, 0.25) is 12.5 Å². The summed E-state index contributed by atoms with van der Waals surface area (Å²) >= 11 is 0. The molecule has 1 saturated heterocycles. The molecule has 1 amide bonds. The second-order valence-electron chi connectivity index (χ2n) is 8.13. The van der Waals surface area contributed by atoms with Gasteiger partial charge in [-0.1, -0.05) is 12.1 Å². The van der Waals surface area contributed by atoms with E-state index in [1.165, 1.54) is 0 Å². The Labute approximate surface area is 193 Å². The Kier molecular flexibility index (Phi) is 7.74. The van der Waals surface area contributed by atoms with E-state index in [9.17, 15) is 9.90 Å². The number of benzene rings is 2. The zero-order chi connectivity index (χ0) is 23.0. The van der Waals surface area contributed by atoms with Gasteiger partial charge in [0.05, 0.1) is 7.11 Å². The largest absolute Gasteiger partial charge is 0.508 e. The number of piperazine rings is 1. The quantitative estimate of drug-likeness (QED) is 0.592. The van der Waals surface area contributed by atoms with Crippen molar-refractivity contribution in [2.75, 3.05) is 59.8 Å². The first kappa shape index (κ1) is 23.0. The zero-order valence-corrected chi connectivity index (χ0v) is 18.9. The highest BCUT2D eigenvalue weighted by molar-refractivity contribution is 5.67. The van der Waals surface area contributed by atoms with E-state index in [-0.39, 0.29) is 12.5 Å². The molecule has 33 heavy (non-hydrogen) atoms. The van der Waals surface area contributed by atoms with Crippen molar-refractivity contribution in [3.05, 3.63) is 47.5 Å². The third-order valence-corrected chi connectivity index (χ3v) is 5.85. The fraction of sp³-hybridized carbons (Fsp3) is 0.458. The molecule has 2 aromatic carbocycles. The Morgan fingerprint density at radius 1 is 1.06 bits per heavy atom. The van der Waals surface area contributed by atoms with Crippen LogP contribution in [0.1, 0.15) is 11.1 Å². The topological polar surface area (TPSA) is 92.7 Å². The first-order valence-corrected chi connectivity index (χ1v) is 11.2. The Morgan fingerprint density at radius 3 is 2.58 bits per heavy atom. The average molecular weight is 458 g/mol. The Balaban J connectivity index is 1.11. The standard InChI is InChI=1S/C24H31N3O6/c1-30-21-14-19(15-22-23(21)33-17-32-22)16-27-10-8-26(9-11-27)12-13-31-24(29)25-7-6-18-2-4-20(28)5-3-18/h2-5,14-15,28H,6-13,16-17H2,1H3,(H,25,29). The van der Waals surface area contributed by atoms with Gasteiger partial charge in [0.15, 0.2) is 11.5 Å². The lowest BCUT2D eigenvalue weighted by Crippen LogP contribution is -2.47. The van der Waals surface area contributed by atoms with Crippen LogP contribution in [0.4, 0.5) is 4.79 Å². The van der Waals surface area contributed by atoms with Crippen LogP contribution in [0.5, 0.6) is 23.0 Å². The van der Waals surface area contributed by atoms with Crippen LogP contribution >= 0.6 is 0 Å². The van der Waals surface area contributed by atoms with E-state index in [2.05, 4.69) is 15.1 Å². The van der Waals surface area contributed by atoms with Gasteiger partial charge >= 0.3 is 6.09 Å². The normalized spacial score (nSPS) is 15.9. The van der Waals surface area contributed by atoms with Crippen LogP contribution in [-0.4, -0.2) is 80.8 Å². The van der Waals surface area contributed by atoms with Gasteiger partial charge < -0.3 is 29.4 Å². The van der Waals surface area contributed by atoms with Crippen molar-refractivity contribution >= 4 is 6.09 Å². The summed E-state index contributed by atoms with van der Waals surface area (Å²) in [7, 11) is 1.64. The predicted molar refractivity (Wildman–Crippen MR) is 122 cm³/mol. The van der Waals surface area contributed by atoms with Gasteiger partial charge in [0.1, 0.15) is 12.4 Å². The number of amides is 1. The third-order valence-electron chi connectivity index (χ3n) is 5.85. The molecule has 9 nitrogen and oxygen atoms in total. The maximum atomic E-state index is 11.9. The molecule has 2 heterocycles. The van der Waals surface area contributed by atoms with Crippen molar-refractivity contribution in [2.24, 2.45) is 0 Å². The summed E-state index contributed by atoms with van der Waals surface area (Å²) in [5.41, 5.74) is 2.18. The van der Waals surface area contributed by atoms with E-state index in [4.69, 9.17) is 18.9 Å². The number of nitrogens with one attached hydrogen (secondary N) is 1.